The Balaban J connectivity index is 2.04. The highest BCUT2D eigenvalue weighted by molar-refractivity contribution is 8.03. The first kappa shape index (κ1) is 26.6. The maximum absolute atomic E-state index is 12.1. The lowest BCUT2D eigenvalue weighted by molar-refractivity contribution is -0.131. The van der Waals surface area contributed by atoms with Gasteiger partial charge >= 0.3 is 5.97 Å². The molecular formula is C26H29ClN2O5S. The molecule has 0 atom stereocenters. The predicted molar refractivity (Wildman–Crippen MR) is 138 cm³/mol. The molecule has 0 aliphatic carbocycles. The number of rotatable bonds is 6. The van der Waals surface area contributed by atoms with E-state index in [9.17, 15) is 15.0 Å². The topological polar surface area (TPSA) is 106 Å². The van der Waals surface area contributed by atoms with Gasteiger partial charge in [-0.15, -0.1) is 10.2 Å². The summed E-state index contributed by atoms with van der Waals surface area (Å²) in [6, 6.07) is 8.61. The third kappa shape index (κ3) is 6.18. The van der Waals surface area contributed by atoms with E-state index in [0.717, 1.165) is 22.9 Å². The second kappa shape index (κ2) is 9.95. The average molecular weight is 517 g/mol. The van der Waals surface area contributed by atoms with Crippen LogP contribution in [0.5, 0.6) is 11.5 Å². The Morgan fingerprint density at radius 1 is 1.06 bits per heavy atom. The molecule has 0 aliphatic heterocycles. The van der Waals surface area contributed by atoms with Gasteiger partial charge < -0.3 is 19.4 Å². The molecule has 186 valence electrons. The summed E-state index contributed by atoms with van der Waals surface area (Å²) in [5.74, 6) is -0.259. The number of halogens is 1. The van der Waals surface area contributed by atoms with Crippen molar-refractivity contribution in [3.8, 4) is 23.0 Å². The van der Waals surface area contributed by atoms with Crippen molar-refractivity contribution in [2.75, 3.05) is 7.11 Å². The van der Waals surface area contributed by atoms with Gasteiger partial charge in [-0.05, 0) is 64.6 Å². The maximum atomic E-state index is 12.1. The first-order valence-corrected chi connectivity index (χ1v) is 12.1. The van der Waals surface area contributed by atoms with Gasteiger partial charge in [0.2, 0.25) is 0 Å². The Hall–Kier alpha value is -2.97. The van der Waals surface area contributed by atoms with Crippen molar-refractivity contribution in [1.82, 2.24) is 10.2 Å². The monoisotopic (exact) mass is 516 g/mol. The molecule has 35 heavy (non-hydrogen) atoms. The highest BCUT2D eigenvalue weighted by atomic mass is 35.5. The van der Waals surface area contributed by atoms with Gasteiger partial charge in [0.15, 0.2) is 0 Å². The van der Waals surface area contributed by atoms with Crippen molar-refractivity contribution in [2.45, 2.75) is 57.6 Å². The summed E-state index contributed by atoms with van der Waals surface area (Å²) in [7, 11) is 1.51. The number of phenols is 1. The van der Waals surface area contributed by atoms with E-state index >= 15 is 0 Å². The number of ether oxygens (including phenoxy) is 1. The van der Waals surface area contributed by atoms with Gasteiger partial charge in [0, 0.05) is 16.1 Å². The molecule has 0 bridgehead atoms. The smallest absolute Gasteiger partial charge is 0.342 e. The Bertz CT molecular complexity index is 1250. The molecule has 7 nitrogen and oxygen atoms in total. The third-order valence-corrected chi connectivity index (χ3v) is 6.34. The second-order valence-electron chi connectivity index (χ2n) is 10.1. The fraction of sp³-hybridized carbons (Fsp3) is 0.346. The Labute approximate surface area is 214 Å². The van der Waals surface area contributed by atoms with Gasteiger partial charge in [-0.2, -0.15) is 0 Å². The number of benzene rings is 2. The number of thioether (sulfide) groups is 1. The average Bonchev–Trinajstić information content (AvgIpc) is 3.21. The molecule has 1 heterocycles. The molecule has 2 aromatic carbocycles. The molecule has 3 rings (SSSR count). The van der Waals surface area contributed by atoms with Crippen LogP contribution in [0.25, 0.3) is 17.5 Å². The zero-order valence-corrected chi connectivity index (χ0v) is 22.3. The molecule has 0 radical (unpaired) electrons. The Kier molecular flexibility index (Phi) is 7.57. The van der Waals surface area contributed by atoms with Crippen LogP contribution < -0.4 is 4.74 Å². The number of phenolic OH excluding ortho intramolecular Hbond substituents is 1. The van der Waals surface area contributed by atoms with E-state index in [1.807, 2.05) is 53.7 Å². The largest absolute Gasteiger partial charge is 0.507 e. The van der Waals surface area contributed by atoms with Crippen molar-refractivity contribution in [1.29, 1.82) is 0 Å². The first-order valence-electron chi connectivity index (χ1n) is 10.9. The molecule has 0 fully saturated rings. The summed E-state index contributed by atoms with van der Waals surface area (Å²) >= 11 is 6.93. The van der Waals surface area contributed by atoms with E-state index in [4.69, 9.17) is 20.8 Å². The zero-order valence-electron chi connectivity index (χ0n) is 20.8. The van der Waals surface area contributed by atoms with Crippen LogP contribution in [0.2, 0.25) is 5.02 Å². The van der Waals surface area contributed by atoms with Gasteiger partial charge in [-0.25, -0.2) is 4.79 Å². The lowest BCUT2D eigenvalue weighted by Gasteiger charge is -2.28. The van der Waals surface area contributed by atoms with Gasteiger partial charge in [-0.1, -0.05) is 53.1 Å². The summed E-state index contributed by atoms with van der Waals surface area (Å²) in [4.78, 5) is 12.1. The molecule has 0 unspecified atom stereocenters. The summed E-state index contributed by atoms with van der Waals surface area (Å²) in [5.41, 5.74) is 1.93. The van der Waals surface area contributed by atoms with Crippen LogP contribution >= 0.6 is 23.4 Å². The van der Waals surface area contributed by atoms with Gasteiger partial charge in [0.05, 0.1) is 12.7 Å². The van der Waals surface area contributed by atoms with E-state index in [0.29, 0.717) is 21.9 Å². The molecule has 3 aromatic rings. The number of aromatic hydroxyl groups is 1. The highest BCUT2D eigenvalue weighted by Gasteiger charge is 2.27. The lowest BCUT2D eigenvalue weighted by Crippen LogP contribution is -2.17. The van der Waals surface area contributed by atoms with Gasteiger partial charge in [0.1, 0.15) is 16.4 Å². The molecule has 0 aliphatic rings. The van der Waals surface area contributed by atoms with E-state index < -0.39 is 5.97 Å². The lowest BCUT2D eigenvalue weighted by atomic mass is 9.78. The number of methoxy groups -OCH3 is 1. The number of carboxylic acids is 1. The van der Waals surface area contributed by atoms with Gasteiger partial charge in [0.25, 0.3) is 11.1 Å². The summed E-state index contributed by atoms with van der Waals surface area (Å²) in [6.07, 6.45) is 1.54. The van der Waals surface area contributed by atoms with Crippen LogP contribution in [0.3, 0.4) is 0 Å². The first-order chi connectivity index (χ1) is 16.2. The fourth-order valence-corrected chi connectivity index (χ4v) is 4.32. The molecule has 9 heteroatoms. The minimum Gasteiger partial charge on any atom is -0.507 e. The second-order valence-corrected chi connectivity index (χ2v) is 11.5. The molecule has 0 spiro atoms. The maximum Gasteiger partial charge on any atom is 0.342 e. The van der Waals surface area contributed by atoms with Crippen LogP contribution in [-0.2, 0) is 15.6 Å². The van der Waals surface area contributed by atoms with Crippen LogP contribution in [0, 0.1) is 0 Å². The van der Waals surface area contributed by atoms with Crippen LogP contribution in [0.4, 0.5) is 0 Å². The number of hydrogen-bond acceptors (Lipinski definition) is 7. The van der Waals surface area contributed by atoms with Crippen molar-refractivity contribution in [3.63, 3.8) is 0 Å². The molecule has 1 aromatic heterocycles. The molecule has 0 amide bonds. The standard InChI is InChI=1S/C26H29ClN2O5S/c1-25(2,3)17-10-14(11-18(21(17)30)26(4,5)6)12-20(23(31)32)35-24-29-28-22(34-24)16-13-15(27)8-9-19(16)33-7/h8-13,30H,1-7H3,(H,31,32)/b20-12-. The minimum atomic E-state index is -1.14. The molecule has 0 saturated heterocycles. The predicted octanol–water partition coefficient (Wildman–Crippen LogP) is 6.92. The van der Waals surface area contributed by atoms with E-state index in [1.54, 1.807) is 24.3 Å². The molecular weight excluding hydrogens is 488 g/mol. The number of aliphatic carboxylic acids is 1. The SMILES string of the molecule is COc1ccc(Cl)cc1-c1nnc(S/C(=C\c2cc(C(C)(C)C)c(O)c(C(C)(C)C)c2)C(=O)O)o1. The number of aromatic nitrogens is 2. The third-order valence-electron chi connectivity index (χ3n) is 5.25. The van der Waals surface area contributed by atoms with Gasteiger partial charge in [-0.3, -0.25) is 0 Å². The minimum absolute atomic E-state index is 0.0105. The van der Waals surface area contributed by atoms with E-state index in [-0.39, 0.29) is 32.6 Å². The number of carboxylic acid groups (broad SMARTS) is 1. The normalized spacial score (nSPS) is 12.6. The van der Waals surface area contributed by atoms with E-state index in [1.165, 1.54) is 7.11 Å². The zero-order chi connectivity index (χ0) is 26.1. The number of nitrogens with zero attached hydrogens (tertiary/aromatic N) is 2. The molecule has 2 N–H and O–H groups in total. The molecule has 0 saturated carbocycles. The van der Waals surface area contributed by atoms with Crippen molar-refractivity contribution < 1.29 is 24.2 Å². The van der Waals surface area contributed by atoms with Crippen molar-refractivity contribution >= 4 is 35.4 Å². The summed E-state index contributed by atoms with van der Waals surface area (Å²) in [6.45, 7) is 12.0. The number of carbonyl (C=O) groups is 1. The fourth-order valence-electron chi connectivity index (χ4n) is 3.47. The van der Waals surface area contributed by atoms with E-state index in [2.05, 4.69) is 10.2 Å². The van der Waals surface area contributed by atoms with Crippen LogP contribution in [-0.4, -0.2) is 33.5 Å². The van der Waals surface area contributed by atoms with Crippen molar-refractivity contribution in [3.05, 3.63) is 56.9 Å². The summed E-state index contributed by atoms with van der Waals surface area (Å²) in [5, 5.41) is 29.4. The van der Waals surface area contributed by atoms with Crippen LogP contribution in [0.15, 0.2) is 44.9 Å². The quantitative estimate of drug-likeness (QED) is 0.268. The number of hydrogen-bond donors (Lipinski definition) is 2. The summed E-state index contributed by atoms with van der Waals surface area (Å²) < 4.78 is 11.0. The van der Waals surface area contributed by atoms with Crippen LogP contribution in [0.1, 0.15) is 58.2 Å². The van der Waals surface area contributed by atoms with Crippen molar-refractivity contribution in [2.24, 2.45) is 0 Å². The highest BCUT2D eigenvalue weighted by Crippen LogP contribution is 2.41. The Morgan fingerprint density at radius 2 is 1.66 bits per heavy atom. The Morgan fingerprint density at radius 3 is 2.17 bits per heavy atom.